The Labute approximate surface area is 120 Å². The molecule has 0 aromatic carbocycles. The Morgan fingerprint density at radius 3 is 2.70 bits per heavy atom. The summed E-state index contributed by atoms with van der Waals surface area (Å²) in [7, 11) is 4.12. The van der Waals surface area contributed by atoms with E-state index in [1.807, 2.05) is 0 Å². The molecule has 0 saturated carbocycles. The topological polar surface area (TPSA) is 83.3 Å². The van der Waals surface area contributed by atoms with Crippen LogP contribution in [0.5, 0.6) is 0 Å². The van der Waals surface area contributed by atoms with E-state index in [9.17, 15) is 4.79 Å². The summed E-state index contributed by atoms with van der Waals surface area (Å²) in [6.45, 7) is 6.76. The van der Waals surface area contributed by atoms with Crippen LogP contribution < -0.4 is 5.32 Å². The smallest absolute Gasteiger partial charge is 0.358 e. The van der Waals surface area contributed by atoms with Crippen molar-refractivity contribution in [1.82, 2.24) is 25.2 Å². The van der Waals surface area contributed by atoms with Crippen molar-refractivity contribution >= 4 is 5.97 Å². The van der Waals surface area contributed by atoms with E-state index in [2.05, 4.69) is 48.5 Å². The molecule has 1 rings (SSSR count). The van der Waals surface area contributed by atoms with Crippen molar-refractivity contribution in [1.29, 1.82) is 0 Å². The molecule has 0 amide bonds. The first kappa shape index (κ1) is 16.6. The molecule has 1 heterocycles. The highest BCUT2D eigenvalue weighted by Crippen LogP contribution is 2.05. The number of nitrogens with one attached hydrogen (secondary N) is 1. The van der Waals surface area contributed by atoms with Crippen LogP contribution in [0, 0.1) is 5.92 Å². The third-order valence-corrected chi connectivity index (χ3v) is 2.87. The van der Waals surface area contributed by atoms with E-state index in [0.29, 0.717) is 18.5 Å². The van der Waals surface area contributed by atoms with Crippen molar-refractivity contribution in [2.75, 3.05) is 27.2 Å². The minimum absolute atomic E-state index is 0.0166. The van der Waals surface area contributed by atoms with E-state index < -0.39 is 5.97 Å². The van der Waals surface area contributed by atoms with Gasteiger partial charge < -0.3 is 15.3 Å². The minimum atomic E-state index is -1.05. The summed E-state index contributed by atoms with van der Waals surface area (Å²) in [6.07, 6.45) is 2.56. The monoisotopic (exact) mass is 283 g/mol. The van der Waals surface area contributed by atoms with Crippen LogP contribution in [0.15, 0.2) is 6.20 Å². The molecule has 0 fully saturated rings. The molecule has 7 heteroatoms. The maximum atomic E-state index is 10.7. The average molecular weight is 283 g/mol. The van der Waals surface area contributed by atoms with Crippen LogP contribution in [0.2, 0.25) is 0 Å². The molecule has 0 bridgehead atoms. The fourth-order valence-electron chi connectivity index (χ4n) is 2.12. The first-order valence-electron chi connectivity index (χ1n) is 6.90. The number of likely N-dealkylation sites (N-methyl/N-ethyl adjacent to an activating group) is 1. The van der Waals surface area contributed by atoms with Crippen LogP contribution in [-0.2, 0) is 6.54 Å². The van der Waals surface area contributed by atoms with Crippen LogP contribution >= 0.6 is 0 Å². The van der Waals surface area contributed by atoms with E-state index >= 15 is 0 Å². The molecule has 0 radical (unpaired) electrons. The van der Waals surface area contributed by atoms with Gasteiger partial charge in [0.15, 0.2) is 5.69 Å². The van der Waals surface area contributed by atoms with Gasteiger partial charge in [0, 0.05) is 19.1 Å². The van der Waals surface area contributed by atoms with Crippen molar-refractivity contribution in [2.45, 2.75) is 32.9 Å². The lowest BCUT2D eigenvalue weighted by molar-refractivity contribution is 0.0690. The lowest BCUT2D eigenvalue weighted by atomic mass is 10.0. The molecule has 1 atom stereocenters. The number of nitrogens with zero attached hydrogens (tertiary/aromatic N) is 4. The summed E-state index contributed by atoms with van der Waals surface area (Å²) < 4.78 is 1.55. The van der Waals surface area contributed by atoms with Gasteiger partial charge in [0.05, 0.1) is 12.7 Å². The van der Waals surface area contributed by atoms with Crippen molar-refractivity contribution in [3.63, 3.8) is 0 Å². The highest BCUT2D eigenvalue weighted by Gasteiger charge is 2.12. The van der Waals surface area contributed by atoms with Crippen LogP contribution in [-0.4, -0.2) is 64.2 Å². The van der Waals surface area contributed by atoms with E-state index in [1.54, 1.807) is 4.68 Å². The summed E-state index contributed by atoms with van der Waals surface area (Å²) in [6, 6.07) is 0.424. The van der Waals surface area contributed by atoms with Gasteiger partial charge in [-0.3, -0.25) is 4.68 Å². The van der Waals surface area contributed by atoms with Crippen molar-refractivity contribution < 1.29 is 9.90 Å². The quantitative estimate of drug-likeness (QED) is 0.688. The number of rotatable bonds is 9. The lowest BCUT2D eigenvalue weighted by Gasteiger charge is -2.24. The number of hydrogen-bond donors (Lipinski definition) is 2. The van der Waals surface area contributed by atoms with Gasteiger partial charge in [-0.05, 0) is 26.4 Å². The van der Waals surface area contributed by atoms with Crippen molar-refractivity contribution in [3.8, 4) is 0 Å². The number of aromatic carboxylic acids is 1. The maximum absolute atomic E-state index is 10.7. The molecule has 0 spiro atoms. The maximum Gasteiger partial charge on any atom is 0.358 e. The SMILES string of the molecule is CC(C)CC(CN(C)C)NCCn1cc(C(=O)O)nn1. The Bertz CT molecular complexity index is 407. The first-order valence-corrected chi connectivity index (χ1v) is 6.90. The van der Waals surface area contributed by atoms with Crippen molar-refractivity contribution in [3.05, 3.63) is 11.9 Å². The molecule has 0 aliphatic carbocycles. The van der Waals surface area contributed by atoms with Gasteiger partial charge in [-0.15, -0.1) is 5.10 Å². The van der Waals surface area contributed by atoms with E-state index in [4.69, 9.17) is 5.11 Å². The number of carboxylic acids is 1. The molecule has 0 aliphatic rings. The zero-order chi connectivity index (χ0) is 15.1. The van der Waals surface area contributed by atoms with Gasteiger partial charge in [-0.25, -0.2) is 4.79 Å². The van der Waals surface area contributed by atoms with Gasteiger partial charge in [-0.2, -0.15) is 0 Å². The number of aromatic nitrogens is 3. The summed E-state index contributed by atoms with van der Waals surface area (Å²) in [5.74, 6) is -0.410. The average Bonchev–Trinajstić information content (AvgIpc) is 2.76. The van der Waals surface area contributed by atoms with Gasteiger partial charge in [0.1, 0.15) is 0 Å². The second kappa shape index (κ2) is 7.96. The molecule has 1 unspecified atom stereocenters. The summed E-state index contributed by atoms with van der Waals surface area (Å²) >= 11 is 0. The molecule has 0 aliphatic heterocycles. The Balaban J connectivity index is 2.40. The molecular formula is C13H25N5O2. The normalized spacial score (nSPS) is 13.1. The summed E-state index contributed by atoms with van der Waals surface area (Å²) in [5, 5.41) is 19.6. The highest BCUT2D eigenvalue weighted by atomic mass is 16.4. The Hall–Kier alpha value is -1.47. The first-order chi connectivity index (χ1) is 9.38. The molecule has 20 heavy (non-hydrogen) atoms. The Morgan fingerprint density at radius 2 is 2.20 bits per heavy atom. The third kappa shape index (κ3) is 6.12. The molecule has 114 valence electrons. The Kier molecular flexibility index (Phi) is 6.60. The van der Waals surface area contributed by atoms with Crippen LogP contribution in [0.25, 0.3) is 0 Å². The zero-order valence-electron chi connectivity index (χ0n) is 12.7. The van der Waals surface area contributed by atoms with Crippen molar-refractivity contribution in [2.24, 2.45) is 5.92 Å². The lowest BCUT2D eigenvalue weighted by Crippen LogP contribution is -2.40. The van der Waals surface area contributed by atoms with Crippen LogP contribution in [0.3, 0.4) is 0 Å². The number of carbonyl (C=O) groups is 1. The van der Waals surface area contributed by atoms with Gasteiger partial charge in [0.2, 0.25) is 0 Å². The summed E-state index contributed by atoms with van der Waals surface area (Å²) in [5.41, 5.74) is -0.0166. The summed E-state index contributed by atoms with van der Waals surface area (Å²) in [4.78, 5) is 12.9. The standard InChI is InChI=1S/C13H25N5O2/c1-10(2)7-11(8-17(3)4)14-5-6-18-9-12(13(19)20)15-16-18/h9-11,14H,5-8H2,1-4H3,(H,19,20). The molecule has 1 aromatic rings. The number of hydrogen-bond acceptors (Lipinski definition) is 5. The fraction of sp³-hybridized carbons (Fsp3) is 0.769. The van der Waals surface area contributed by atoms with Crippen LogP contribution in [0.4, 0.5) is 0 Å². The minimum Gasteiger partial charge on any atom is -0.476 e. The molecule has 0 saturated heterocycles. The largest absolute Gasteiger partial charge is 0.476 e. The predicted octanol–water partition coefficient (Wildman–Crippen LogP) is 0.542. The molecular weight excluding hydrogens is 258 g/mol. The predicted molar refractivity (Wildman–Crippen MR) is 76.8 cm³/mol. The van der Waals surface area contributed by atoms with E-state index in [-0.39, 0.29) is 5.69 Å². The molecule has 2 N–H and O–H groups in total. The van der Waals surface area contributed by atoms with Gasteiger partial charge in [-0.1, -0.05) is 19.1 Å². The fourth-order valence-corrected chi connectivity index (χ4v) is 2.12. The van der Waals surface area contributed by atoms with E-state index in [0.717, 1.165) is 19.5 Å². The zero-order valence-corrected chi connectivity index (χ0v) is 12.7. The second-order valence-electron chi connectivity index (χ2n) is 5.71. The second-order valence-corrected chi connectivity index (χ2v) is 5.71. The highest BCUT2D eigenvalue weighted by molar-refractivity contribution is 5.84. The van der Waals surface area contributed by atoms with Gasteiger partial charge >= 0.3 is 5.97 Å². The van der Waals surface area contributed by atoms with Gasteiger partial charge in [0.25, 0.3) is 0 Å². The molecule has 1 aromatic heterocycles. The Morgan fingerprint density at radius 1 is 1.50 bits per heavy atom. The molecule has 7 nitrogen and oxygen atoms in total. The number of carboxylic acid groups (broad SMARTS) is 1. The van der Waals surface area contributed by atoms with Crippen LogP contribution in [0.1, 0.15) is 30.8 Å². The van der Waals surface area contributed by atoms with E-state index in [1.165, 1.54) is 6.20 Å². The third-order valence-electron chi connectivity index (χ3n) is 2.87.